The fourth-order valence-electron chi connectivity index (χ4n) is 2.66. The highest BCUT2D eigenvalue weighted by Crippen LogP contribution is 2.24. The molecule has 0 spiro atoms. The van der Waals surface area contributed by atoms with Gasteiger partial charge in [0.2, 0.25) is 0 Å². The summed E-state index contributed by atoms with van der Waals surface area (Å²) in [5.74, 6) is 0.323. The Bertz CT molecular complexity index is 621. The van der Waals surface area contributed by atoms with Crippen LogP contribution in [0.25, 0.3) is 17.2 Å². The van der Waals surface area contributed by atoms with Crippen molar-refractivity contribution in [2.45, 2.75) is 25.7 Å². The van der Waals surface area contributed by atoms with Gasteiger partial charge in [0.15, 0.2) is 5.78 Å². The molecule has 0 radical (unpaired) electrons. The predicted molar refractivity (Wildman–Crippen MR) is 83.3 cm³/mol. The van der Waals surface area contributed by atoms with E-state index in [4.69, 9.17) is 0 Å². The number of rotatable bonds is 2. The molecule has 3 rings (SSSR count). The van der Waals surface area contributed by atoms with Gasteiger partial charge >= 0.3 is 0 Å². The summed E-state index contributed by atoms with van der Waals surface area (Å²) in [6.07, 6.45) is 5.88. The summed E-state index contributed by atoms with van der Waals surface area (Å²) in [6, 6.07) is 18.8. The highest BCUT2D eigenvalue weighted by Gasteiger charge is 2.14. The van der Waals surface area contributed by atoms with Gasteiger partial charge < -0.3 is 0 Å². The quantitative estimate of drug-likeness (QED) is 0.705. The molecule has 0 saturated heterocycles. The minimum Gasteiger partial charge on any atom is -0.295 e. The Hall–Kier alpha value is -2.15. The Morgan fingerprint density at radius 1 is 0.750 bits per heavy atom. The Balaban J connectivity index is 1.83. The maximum Gasteiger partial charge on any atom is 0.158 e. The van der Waals surface area contributed by atoms with E-state index in [1.165, 1.54) is 11.1 Å². The van der Waals surface area contributed by atoms with Gasteiger partial charge in [-0.1, -0.05) is 54.6 Å². The second kappa shape index (κ2) is 5.87. The van der Waals surface area contributed by atoms with Crippen molar-refractivity contribution in [3.8, 4) is 11.1 Å². The number of carbonyl (C=O) groups excluding carboxylic acids is 1. The predicted octanol–water partition coefficient (Wildman–Crippen LogP) is 4.88. The third kappa shape index (κ3) is 2.88. The third-order valence-corrected chi connectivity index (χ3v) is 3.82. The van der Waals surface area contributed by atoms with E-state index in [9.17, 15) is 4.79 Å². The number of hydrogen-bond acceptors (Lipinski definition) is 1. The summed E-state index contributed by atoms with van der Waals surface area (Å²) >= 11 is 0. The van der Waals surface area contributed by atoms with E-state index in [1.54, 1.807) is 0 Å². The molecule has 100 valence electrons. The van der Waals surface area contributed by atoms with Crippen molar-refractivity contribution < 1.29 is 4.79 Å². The number of Topliss-reactive ketones (excluding diaryl/α,β-unsaturated/α-hetero) is 1. The molecule has 1 saturated carbocycles. The van der Waals surface area contributed by atoms with Gasteiger partial charge in [-0.15, -0.1) is 0 Å². The number of carbonyl (C=O) groups is 1. The zero-order valence-corrected chi connectivity index (χ0v) is 11.5. The molecule has 0 heterocycles. The van der Waals surface area contributed by atoms with Crippen molar-refractivity contribution in [2.75, 3.05) is 0 Å². The monoisotopic (exact) mass is 262 g/mol. The summed E-state index contributed by atoms with van der Waals surface area (Å²) < 4.78 is 0. The molecular weight excluding hydrogens is 244 g/mol. The average Bonchev–Trinajstić information content (AvgIpc) is 2.51. The summed E-state index contributed by atoms with van der Waals surface area (Å²) in [7, 11) is 0. The van der Waals surface area contributed by atoms with E-state index in [2.05, 4.69) is 42.5 Å². The van der Waals surface area contributed by atoms with Crippen LogP contribution in [-0.4, -0.2) is 5.78 Å². The van der Waals surface area contributed by atoms with Crippen LogP contribution in [0, 0.1) is 0 Å². The van der Waals surface area contributed by atoms with Crippen LogP contribution in [-0.2, 0) is 4.79 Å². The first kappa shape index (κ1) is 12.9. The molecule has 0 aromatic heterocycles. The number of hydrogen-bond donors (Lipinski definition) is 0. The Morgan fingerprint density at radius 2 is 1.40 bits per heavy atom. The second-order valence-corrected chi connectivity index (χ2v) is 5.29. The van der Waals surface area contributed by atoms with E-state index in [1.807, 2.05) is 18.2 Å². The molecule has 1 nitrogen and oxygen atoms in total. The molecule has 0 N–H and O–H groups in total. The molecule has 20 heavy (non-hydrogen) atoms. The van der Waals surface area contributed by atoms with Crippen molar-refractivity contribution in [3.05, 3.63) is 65.7 Å². The van der Waals surface area contributed by atoms with Crippen LogP contribution < -0.4 is 0 Å². The molecule has 1 aliphatic rings. The van der Waals surface area contributed by atoms with Crippen LogP contribution in [0.15, 0.2) is 60.2 Å². The molecule has 0 bridgehead atoms. The fraction of sp³-hybridized carbons (Fsp3) is 0.211. The highest BCUT2D eigenvalue weighted by atomic mass is 16.1. The van der Waals surface area contributed by atoms with Gasteiger partial charge in [-0.25, -0.2) is 0 Å². The van der Waals surface area contributed by atoms with Crippen LogP contribution in [0.2, 0.25) is 0 Å². The minimum atomic E-state index is 0.323. The lowest BCUT2D eigenvalue weighted by molar-refractivity contribution is -0.116. The van der Waals surface area contributed by atoms with Crippen molar-refractivity contribution in [1.29, 1.82) is 0 Å². The lowest BCUT2D eigenvalue weighted by Crippen LogP contribution is -2.07. The van der Waals surface area contributed by atoms with Crippen LogP contribution in [0.1, 0.15) is 31.2 Å². The standard InChI is InChI=1S/C19H18O/c20-19-9-5-4-8-18(19)14-15-10-12-17(13-11-15)16-6-2-1-3-7-16/h1-3,6-7,10-14H,4-5,8-9H2/b18-14-. The highest BCUT2D eigenvalue weighted by molar-refractivity contribution is 6.00. The fourth-order valence-corrected chi connectivity index (χ4v) is 2.66. The molecule has 2 aromatic carbocycles. The second-order valence-electron chi connectivity index (χ2n) is 5.29. The molecule has 0 unspecified atom stereocenters. The third-order valence-electron chi connectivity index (χ3n) is 3.82. The zero-order chi connectivity index (χ0) is 13.8. The van der Waals surface area contributed by atoms with E-state index < -0.39 is 0 Å². The van der Waals surface area contributed by atoms with E-state index >= 15 is 0 Å². The first-order valence-corrected chi connectivity index (χ1v) is 7.22. The molecule has 1 heteroatoms. The summed E-state index contributed by atoms with van der Waals surface area (Å²) in [5, 5.41) is 0. The largest absolute Gasteiger partial charge is 0.295 e. The van der Waals surface area contributed by atoms with Crippen molar-refractivity contribution in [3.63, 3.8) is 0 Å². The van der Waals surface area contributed by atoms with Crippen molar-refractivity contribution in [1.82, 2.24) is 0 Å². The maximum absolute atomic E-state index is 11.8. The summed E-state index contributed by atoms with van der Waals surface area (Å²) in [5.41, 5.74) is 4.54. The van der Waals surface area contributed by atoms with Gasteiger partial charge in [0.05, 0.1) is 0 Å². The maximum atomic E-state index is 11.8. The Morgan fingerprint density at radius 3 is 2.10 bits per heavy atom. The average molecular weight is 262 g/mol. The molecular formula is C19H18O. The number of benzene rings is 2. The topological polar surface area (TPSA) is 17.1 Å². The van der Waals surface area contributed by atoms with Gasteiger partial charge in [-0.3, -0.25) is 4.79 Å². The molecule has 0 aliphatic heterocycles. The van der Waals surface area contributed by atoms with E-state index in [-0.39, 0.29) is 0 Å². The summed E-state index contributed by atoms with van der Waals surface area (Å²) in [6.45, 7) is 0. The first-order chi connectivity index (χ1) is 9.83. The van der Waals surface area contributed by atoms with Gasteiger partial charge in [0, 0.05) is 6.42 Å². The van der Waals surface area contributed by atoms with E-state index in [0.29, 0.717) is 12.2 Å². The first-order valence-electron chi connectivity index (χ1n) is 7.22. The normalized spacial score (nSPS) is 17.4. The van der Waals surface area contributed by atoms with Gasteiger partial charge in [0.25, 0.3) is 0 Å². The van der Waals surface area contributed by atoms with Crippen molar-refractivity contribution in [2.24, 2.45) is 0 Å². The Kier molecular flexibility index (Phi) is 3.78. The lowest BCUT2D eigenvalue weighted by Gasteiger charge is -2.12. The van der Waals surface area contributed by atoms with E-state index in [0.717, 1.165) is 30.4 Å². The molecule has 1 fully saturated rings. The number of ketones is 1. The van der Waals surface area contributed by atoms with Crippen LogP contribution in [0.5, 0.6) is 0 Å². The van der Waals surface area contributed by atoms with Gasteiger partial charge in [0.1, 0.15) is 0 Å². The molecule has 1 aliphatic carbocycles. The number of allylic oxidation sites excluding steroid dienone is 1. The minimum absolute atomic E-state index is 0.323. The van der Waals surface area contributed by atoms with Gasteiger partial charge in [-0.05, 0) is 47.6 Å². The van der Waals surface area contributed by atoms with Crippen LogP contribution in [0.3, 0.4) is 0 Å². The van der Waals surface area contributed by atoms with Crippen LogP contribution in [0.4, 0.5) is 0 Å². The zero-order valence-electron chi connectivity index (χ0n) is 11.5. The Labute approximate surface area is 120 Å². The molecule has 0 amide bonds. The smallest absolute Gasteiger partial charge is 0.158 e. The molecule has 2 aromatic rings. The van der Waals surface area contributed by atoms with Gasteiger partial charge in [-0.2, -0.15) is 0 Å². The van der Waals surface area contributed by atoms with Crippen molar-refractivity contribution >= 4 is 11.9 Å². The van der Waals surface area contributed by atoms with Crippen LogP contribution >= 0.6 is 0 Å². The molecule has 0 atom stereocenters. The lowest BCUT2D eigenvalue weighted by atomic mass is 9.92. The summed E-state index contributed by atoms with van der Waals surface area (Å²) in [4.78, 5) is 11.8. The SMILES string of the molecule is O=C1CCCC/C1=C/c1ccc(-c2ccccc2)cc1.